The van der Waals surface area contributed by atoms with Crippen molar-refractivity contribution in [3.8, 4) is 0 Å². The van der Waals surface area contributed by atoms with Gasteiger partial charge in [-0.1, -0.05) is 37.4 Å². The summed E-state index contributed by atoms with van der Waals surface area (Å²) in [5.41, 5.74) is 1.80. The number of aromatic nitrogens is 2. The molecular weight excluding hydrogens is 286 g/mol. The van der Waals surface area contributed by atoms with Crippen LogP contribution in [0.4, 0.5) is 0 Å². The summed E-state index contributed by atoms with van der Waals surface area (Å²) in [5, 5.41) is 14.2. The minimum absolute atomic E-state index is 0.0365. The van der Waals surface area contributed by atoms with E-state index >= 15 is 0 Å². The minimum Gasteiger partial charge on any atom is -0.393 e. The van der Waals surface area contributed by atoms with Crippen molar-refractivity contribution in [3.05, 3.63) is 35.2 Å². The van der Waals surface area contributed by atoms with Gasteiger partial charge < -0.3 is 14.8 Å². The van der Waals surface area contributed by atoms with Crippen LogP contribution in [0.3, 0.4) is 0 Å². The normalized spacial score (nSPS) is 26.3. The summed E-state index contributed by atoms with van der Waals surface area (Å²) in [7, 11) is 0. The highest BCUT2D eigenvalue weighted by Gasteiger charge is 2.34. The minimum atomic E-state index is -0.212. The Morgan fingerprint density at radius 2 is 2.33 bits per heavy atom. The quantitative estimate of drug-likeness (QED) is 0.913. The first-order valence-electron chi connectivity index (χ1n) is 7.60. The van der Waals surface area contributed by atoms with Gasteiger partial charge in [0.1, 0.15) is 5.65 Å². The molecule has 0 bridgehead atoms. The molecule has 0 aliphatic heterocycles. The Balaban J connectivity index is 1.68. The van der Waals surface area contributed by atoms with E-state index in [4.69, 9.17) is 11.6 Å². The fourth-order valence-corrected chi connectivity index (χ4v) is 3.47. The van der Waals surface area contributed by atoms with Gasteiger partial charge in [-0.2, -0.15) is 0 Å². The zero-order chi connectivity index (χ0) is 14.9. The molecule has 1 fully saturated rings. The highest BCUT2D eigenvalue weighted by Crippen LogP contribution is 2.35. The Hall–Kier alpha value is -1.10. The van der Waals surface area contributed by atoms with E-state index in [1.165, 1.54) is 6.42 Å². The molecule has 5 heteroatoms. The van der Waals surface area contributed by atoms with Gasteiger partial charge in [0.2, 0.25) is 0 Å². The molecule has 0 spiro atoms. The SMILES string of the molecule is CC1(CNCc2c(Cl)nc3ccccn23)CCCCC1O. The average Bonchev–Trinajstić information content (AvgIpc) is 2.79. The van der Waals surface area contributed by atoms with Gasteiger partial charge in [-0.15, -0.1) is 0 Å². The van der Waals surface area contributed by atoms with Crippen molar-refractivity contribution in [2.24, 2.45) is 5.41 Å². The summed E-state index contributed by atoms with van der Waals surface area (Å²) in [6.07, 6.45) is 6.08. The van der Waals surface area contributed by atoms with E-state index in [2.05, 4.69) is 17.2 Å². The lowest BCUT2D eigenvalue weighted by Gasteiger charge is -2.38. The maximum absolute atomic E-state index is 10.2. The molecule has 2 unspecified atom stereocenters. The second-order valence-corrected chi connectivity index (χ2v) is 6.66. The summed E-state index contributed by atoms with van der Waals surface area (Å²) < 4.78 is 2.01. The number of imidazole rings is 1. The smallest absolute Gasteiger partial charge is 0.152 e. The topological polar surface area (TPSA) is 49.6 Å². The number of pyridine rings is 1. The lowest BCUT2D eigenvalue weighted by Crippen LogP contribution is -2.43. The lowest BCUT2D eigenvalue weighted by molar-refractivity contribution is 0.00110. The molecule has 0 radical (unpaired) electrons. The third-order valence-electron chi connectivity index (χ3n) is 4.68. The predicted octanol–water partition coefficient (Wildman–Crippen LogP) is 3.02. The van der Waals surface area contributed by atoms with Crippen molar-refractivity contribution < 1.29 is 5.11 Å². The van der Waals surface area contributed by atoms with E-state index in [9.17, 15) is 5.11 Å². The van der Waals surface area contributed by atoms with Crippen LogP contribution < -0.4 is 5.32 Å². The first kappa shape index (κ1) is 14.8. The van der Waals surface area contributed by atoms with Crippen LogP contribution in [-0.4, -0.2) is 27.1 Å². The van der Waals surface area contributed by atoms with E-state index in [0.717, 1.165) is 37.1 Å². The van der Waals surface area contributed by atoms with Gasteiger partial charge in [-0.3, -0.25) is 0 Å². The van der Waals surface area contributed by atoms with Gasteiger partial charge in [0.05, 0.1) is 11.8 Å². The van der Waals surface area contributed by atoms with Crippen LogP contribution >= 0.6 is 11.6 Å². The Labute approximate surface area is 130 Å². The molecule has 2 aromatic rings. The van der Waals surface area contributed by atoms with Crippen molar-refractivity contribution in [1.29, 1.82) is 0 Å². The standard InChI is InChI=1S/C16H22ClN3O/c1-16(8-4-2-6-13(16)21)11-18-10-12-15(17)19-14-7-3-5-9-20(12)14/h3,5,7,9,13,18,21H,2,4,6,8,10-11H2,1H3. The molecule has 1 saturated carbocycles. The van der Waals surface area contributed by atoms with Crippen molar-refractivity contribution in [3.63, 3.8) is 0 Å². The molecule has 2 N–H and O–H groups in total. The molecule has 0 saturated heterocycles. The fraction of sp³-hybridized carbons (Fsp3) is 0.562. The summed E-state index contributed by atoms with van der Waals surface area (Å²) in [5.74, 6) is 0. The second kappa shape index (κ2) is 5.95. The van der Waals surface area contributed by atoms with Crippen LogP contribution in [0.25, 0.3) is 5.65 Å². The summed E-state index contributed by atoms with van der Waals surface area (Å²) >= 11 is 6.23. The van der Waals surface area contributed by atoms with Crippen molar-refractivity contribution >= 4 is 17.2 Å². The molecule has 1 aliphatic rings. The van der Waals surface area contributed by atoms with E-state index in [0.29, 0.717) is 11.7 Å². The Kier molecular flexibility index (Phi) is 4.20. The fourth-order valence-electron chi connectivity index (χ4n) is 3.23. The van der Waals surface area contributed by atoms with Crippen LogP contribution in [0, 0.1) is 5.41 Å². The van der Waals surface area contributed by atoms with Gasteiger partial charge in [0.15, 0.2) is 5.15 Å². The maximum atomic E-state index is 10.2. The summed E-state index contributed by atoms with van der Waals surface area (Å²) in [4.78, 5) is 4.35. The second-order valence-electron chi connectivity index (χ2n) is 6.30. The average molecular weight is 308 g/mol. The first-order chi connectivity index (χ1) is 10.1. The Morgan fingerprint density at radius 3 is 3.14 bits per heavy atom. The number of hydrogen-bond donors (Lipinski definition) is 2. The zero-order valence-corrected chi connectivity index (χ0v) is 13.1. The van der Waals surface area contributed by atoms with Gasteiger partial charge in [0.25, 0.3) is 0 Å². The number of halogens is 1. The molecule has 2 heterocycles. The first-order valence-corrected chi connectivity index (χ1v) is 7.98. The van der Waals surface area contributed by atoms with Crippen LogP contribution in [0.5, 0.6) is 0 Å². The van der Waals surface area contributed by atoms with E-state index in [1.807, 2.05) is 28.8 Å². The van der Waals surface area contributed by atoms with Crippen LogP contribution in [0.1, 0.15) is 38.3 Å². The predicted molar refractivity (Wildman–Crippen MR) is 84.5 cm³/mol. The molecule has 2 aromatic heterocycles. The highest BCUT2D eigenvalue weighted by molar-refractivity contribution is 6.30. The number of rotatable bonds is 4. The lowest BCUT2D eigenvalue weighted by atomic mass is 9.73. The van der Waals surface area contributed by atoms with Gasteiger partial charge in [0, 0.05) is 24.7 Å². The third-order valence-corrected chi connectivity index (χ3v) is 4.98. The number of nitrogens with one attached hydrogen (secondary N) is 1. The van der Waals surface area contributed by atoms with Gasteiger partial charge in [-0.05, 0) is 25.0 Å². The van der Waals surface area contributed by atoms with E-state index < -0.39 is 0 Å². The number of hydrogen-bond acceptors (Lipinski definition) is 3. The van der Waals surface area contributed by atoms with Crippen molar-refractivity contribution in [1.82, 2.24) is 14.7 Å². The van der Waals surface area contributed by atoms with Crippen molar-refractivity contribution in [2.75, 3.05) is 6.54 Å². The van der Waals surface area contributed by atoms with Crippen molar-refractivity contribution in [2.45, 2.75) is 45.3 Å². The molecule has 1 aliphatic carbocycles. The monoisotopic (exact) mass is 307 g/mol. The molecule has 2 atom stereocenters. The van der Waals surface area contributed by atoms with Crippen LogP contribution in [-0.2, 0) is 6.54 Å². The summed E-state index contributed by atoms with van der Waals surface area (Å²) in [6.45, 7) is 3.62. The molecule has 0 amide bonds. The number of nitrogens with zero attached hydrogens (tertiary/aromatic N) is 2. The van der Waals surface area contributed by atoms with Crippen LogP contribution in [0.2, 0.25) is 5.15 Å². The third kappa shape index (κ3) is 2.93. The molecule has 4 nitrogen and oxygen atoms in total. The Bertz CT molecular complexity index is 627. The highest BCUT2D eigenvalue weighted by atomic mass is 35.5. The maximum Gasteiger partial charge on any atom is 0.152 e. The molecule has 0 aromatic carbocycles. The largest absolute Gasteiger partial charge is 0.393 e. The Morgan fingerprint density at radius 1 is 1.48 bits per heavy atom. The summed E-state index contributed by atoms with van der Waals surface area (Å²) in [6, 6.07) is 5.87. The molecule has 3 rings (SSSR count). The van der Waals surface area contributed by atoms with Gasteiger partial charge in [-0.25, -0.2) is 4.98 Å². The van der Waals surface area contributed by atoms with E-state index in [1.54, 1.807) is 0 Å². The molecular formula is C16H22ClN3O. The van der Waals surface area contributed by atoms with Crippen LogP contribution in [0.15, 0.2) is 24.4 Å². The number of aliphatic hydroxyl groups excluding tert-OH is 1. The number of fused-ring (bicyclic) bond motifs is 1. The van der Waals surface area contributed by atoms with E-state index in [-0.39, 0.29) is 11.5 Å². The zero-order valence-electron chi connectivity index (χ0n) is 12.3. The number of aliphatic hydroxyl groups is 1. The molecule has 114 valence electrons. The molecule has 21 heavy (non-hydrogen) atoms. The van der Waals surface area contributed by atoms with Gasteiger partial charge >= 0.3 is 0 Å².